The van der Waals surface area contributed by atoms with E-state index in [0.29, 0.717) is 23.0 Å². The minimum absolute atomic E-state index is 0.0200. The number of aromatic amines is 1. The summed E-state index contributed by atoms with van der Waals surface area (Å²) in [5.74, 6) is -1.95. The number of para-hydroxylation sites is 2. The molecule has 0 unspecified atom stereocenters. The molecule has 10 heteroatoms. The number of nitrogens with one attached hydrogen (secondary N) is 2. The van der Waals surface area contributed by atoms with E-state index >= 15 is 0 Å². The number of carbonyl (C=O) groups excluding carboxylic acids is 3. The van der Waals surface area contributed by atoms with E-state index in [2.05, 4.69) is 10.3 Å². The second kappa shape index (κ2) is 10.1. The second-order valence-corrected chi connectivity index (χ2v) is 11.5. The first kappa shape index (κ1) is 28.2. The first-order valence-electron chi connectivity index (χ1n) is 13.7. The van der Waals surface area contributed by atoms with Gasteiger partial charge in [-0.1, -0.05) is 35.9 Å². The summed E-state index contributed by atoms with van der Waals surface area (Å²) in [6.45, 7) is 5.88. The van der Waals surface area contributed by atoms with Crippen molar-refractivity contribution in [2.45, 2.75) is 45.6 Å². The third-order valence-corrected chi connectivity index (χ3v) is 8.51. The third kappa shape index (κ3) is 4.39. The lowest BCUT2D eigenvalue weighted by Gasteiger charge is -2.30. The molecular formula is C33H28ClN3O6. The molecule has 0 amide bonds. The molecule has 1 aliphatic carbocycles. The molecule has 1 aromatic heterocycles. The Labute approximate surface area is 251 Å². The Morgan fingerprint density at radius 3 is 2.47 bits per heavy atom. The number of phenolic OH excluding ortho intramolecular Hbond substituents is 2. The van der Waals surface area contributed by atoms with Crippen LogP contribution in [0, 0.1) is 6.92 Å². The van der Waals surface area contributed by atoms with Gasteiger partial charge in [-0.2, -0.15) is 0 Å². The topological polar surface area (TPSA) is 142 Å². The number of fused-ring (bicyclic) bond motifs is 4. The van der Waals surface area contributed by atoms with Gasteiger partial charge in [0.25, 0.3) is 0 Å². The van der Waals surface area contributed by atoms with Gasteiger partial charge < -0.3 is 25.3 Å². The molecule has 0 fully saturated rings. The van der Waals surface area contributed by atoms with Crippen LogP contribution in [-0.4, -0.2) is 37.5 Å². The summed E-state index contributed by atoms with van der Waals surface area (Å²) in [5.41, 5.74) is 1.07. The number of aromatic hydroxyl groups is 2. The van der Waals surface area contributed by atoms with Crippen molar-refractivity contribution < 1.29 is 29.3 Å². The summed E-state index contributed by atoms with van der Waals surface area (Å²) in [6, 6.07) is 14.5. The largest absolute Gasteiger partial charge is 0.507 e. The molecule has 3 aromatic carbocycles. The van der Waals surface area contributed by atoms with E-state index < -0.39 is 34.6 Å². The molecule has 0 bridgehead atoms. The average molecular weight is 598 g/mol. The first-order chi connectivity index (χ1) is 20.4. The van der Waals surface area contributed by atoms with Crippen LogP contribution in [0.4, 0.5) is 0 Å². The molecule has 2 heterocycles. The predicted molar refractivity (Wildman–Crippen MR) is 160 cm³/mol. The molecule has 6 rings (SSSR count). The minimum atomic E-state index is -1.61. The van der Waals surface area contributed by atoms with Gasteiger partial charge in [-0.15, -0.1) is 0 Å². The van der Waals surface area contributed by atoms with Crippen LogP contribution in [0.15, 0.2) is 71.6 Å². The molecule has 4 N–H and O–H groups in total. The zero-order valence-electron chi connectivity index (χ0n) is 23.8. The SMILES string of the molecule is CC(=O)c1c(O)c(C)c(O)c2c1OC1=CC(=O)/C(=C(/C)N[C@@H](Cc3nc4ccccc4[nH]3)c3ccc(Cl)cc3)C(=O)[C@@]12C. The minimum Gasteiger partial charge on any atom is -0.507 e. The molecule has 9 nitrogen and oxygen atoms in total. The normalized spacial score (nSPS) is 19.4. The lowest BCUT2D eigenvalue weighted by molar-refractivity contribution is -0.123. The number of phenols is 2. The van der Waals surface area contributed by atoms with Crippen LogP contribution in [0.3, 0.4) is 0 Å². The molecule has 1 aliphatic heterocycles. The van der Waals surface area contributed by atoms with Gasteiger partial charge in [0.1, 0.15) is 39.8 Å². The second-order valence-electron chi connectivity index (χ2n) is 11.0. The standard InChI is InChI=1S/C33H28ClN3O6/c1-15-29(40)27(17(3)38)31-28(30(15)41)33(4)24(43-31)14-23(39)26(32(33)42)16(2)35-22(18-9-11-19(34)12-10-18)13-25-36-20-7-5-6-8-21(20)37-25/h5-12,14,22,35,40-41H,13H2,1-4H3,(H,36,37)/b26-16+/t22-,33-/m0/s1. The molecule has 218 valence electrons. The molecule has 4 aromatic rings. The summed E-state index contributed by atoms with van der Waals surface area (Å²) in [6.07, 6.45) is 1.60. The lowest BCUT2D eigenvalue weighted by atomic mass is 9.70. The molecule has 2 aliphatic rings. The van der Waals surface area contributed by atoms with Crippen molar-refractivity contribution >= 4 is 40.0 Å². The number of benzene rings is 3. The maximum atomic E-state index is 14.3. The fraction of sp³-hybridized carbons (Fsp3) is 0.212. The zero-order valence-corrected chi connectivity index (χ0v) is 24.6. The summed E-state index contributed by atoms with van der Waals surface area (Å²) in [4.78, 5) is 48.2. The maximum absolute atomic E-state index is 14.3. The number of allylic oxidation sites excluding steroid dienone is 4. The van der Waals surface area contributed by atoms with Gasteiger partial charge in [0.15, 0.2) is 17.3 Å². The molecule has 0 radical (unpaired) electrons. The highest BCUT2D eigenvalue weighted by Gasteiger charge is 2.56. The maximum Gasteiger partial charge on any atom is 0.194 e. The van der Waals surface area contributed by atoms with E-state index in [-0.39, 0.29) is 39.5 Å². The van der Waals surface area contributed by atoms with Gasteiger partial charge in [-0.25, -0.2) is 4.98 Å². The molecular weight excluding hydrogens is 570 g/mol. The van der Waals surface area contributed by atoms with Gasteiger partial charge in [0.05, 0.1) is 28.2 Å². The number of ketones is 3. The van der Waals surface area contributed by atoms with Crippen molar-refractivity contribution in [2.75, 3.05) is 0 Å². The number of halogens is 1. The molecule has 2 atom stereocenters. The summed E-state index contributed by atoms with van der Waals surface area (Å²) in [7, 11) is 0. The van der Waals surface area contributed by atoms with Crippen molar-refractivity contribution in [1.29, 1.82) is 0 Å². The average Bonchev–Trinajstić information content (AvgIpc) is 3.50. The van der Waals surface area contributed by atoms with Crippen LogP contribution in [0.2, 0.25) is 5.02 Å². The number of Topliss-reactive ketones (excluding diaryl/α,β-unsaturated/α-hetero) is 2. The van der Waals surface area contributed by atoms with Crippen LogP contribution in [0.25, 0.3) is 11.0 Å². The van der Waals surface area contributed by atoms with Crippen LogP contribution in [0.5, 0.6) is 17.2 Å². The Balaban J connectivity index is 1.44. The molecule has 0 saturated heterocycles. The van der Waals surface area contributed by atoms with E-state index in [1.54, 1.807) is 19.1 Å². The Morgan fingerprint density at radius 2 is 1.79 bits per heavy atom. The number of aromatic nitrogens is 2. The van der Waals surface area contributed by atoms with Crippen molar-refractivity contribution in [3.63, 3.8) is 0 Å². The molecule has 43 heavy (non-hydrogen) atoms. The van der Waals surface area contributed by atoms with Gasteiger partial charge in [-0.3, -0.25) is 14.4 Å². The Hall–Kier alpha value is -4.89. The van der Waals surface area contributed by atoms with Crippen LogP contribution < -0.4 is 10.1 Å². The van der Waals surface area contributed by atoms with Crippen molar-refractivity contribution in [3.8, 4) is 17.2 Å². The van der Waals surface area contributed by atoms with Crippen LogP contribution >= 0.6 is 11.6 Å². The monoisotopic (exact) mass is 597 g/mol. The van der Waals surface area contributed by atoms with Crippen LogP contribution in [-0.2, 0) is 21.4 Å². The highest BCUT2D eigenvalue weighted by molar-refractivity contribution is 6.31. The summed E-state index contributed by atoms with van der Waals surface area (Å²) in [5, 5.41) is 25.6. The number of nitrogens with zero attached hydrogens (tertiary/aromatic N) is 1. The number of rotatable bonds is 6. The Bertz CT molecular complexity index is 1910. The fourth-order valence-corrected chi connectivity index (χ4v) is 6.06. The van der Waals surface area contributed by atoms with Gasteiger partial charge in [-0.05, 0) is 57.5 Å². The number of hydrogen-bond donors (Lipinski definition) is 4. The highest BCUT2D eigenvalue weighted by atomic mass is 35.5. The zero-order chi connectivity index (χ0) is 30.8. The van der Waals surface area contributed by atoms with E-state index in [9.17, 15) is 24.6 Å². The van der Waals surface area contributed by atoms with Crippen molar-refractivity contribution in [2.24, 2.45) is 0 Å². The number of hydrogen-bond acceptors (Lipinski definition) is 8. The smallest absolute Gasteiger partial charge is 0.194 e. The van der Waals surface area contributed by atoms with E-state index in [1.165, 1.54) is 26.8 Å². The predicted octanol–water partition coefficient (Wildman–Crippen LogP) is 5.67. The fourth-order valence-electron chi connectivity index (χ4n) is 5.94. The van der Waals surface area contributed by atoms with Gasteiger partial charge >= 0.3 is 0 Å². The first-order valence-corrected chi connectivity index (χ1v) is 14.0. The number of imidazole rings is 1. The highest BCUT2D eigenvalue weighted by Crippen LogP contribution is 2.57. The third-order valence-electron chi connectivity index (χ3n) is 8.26. The van der Waals surface area contributed by atoms with E-state index in [4.69, 9.17) is 21.3 Å². The Kier molecular flexibility index (Phi) is 6.65. The summed E-state index contributed by atoms with van der Waals surface area (Å²) >= 11 is 6.16. The van der Waals surface area contributed by atoms with E-state index in [0.717, 1.165) is 16.6 Å². The number of carbonyl (C=O) groups is 3. The van der Waals surface area contributed by atoms with Gasteiger partial charge in [0, 0.05) is 28.8 Å². The van der Waals surface area contributed by atoms with Crippen molar-refractivity contribution in [3.05, 3.63) is 105 Å². The number of ether oxygens (including phenoxy) is 1. The number of H-pyrrole nitrogens is 1. The summed E-state index contributed by atoms with van der Waals surface area (Å²) < 4.78 is 5.87. The molecule has 0 saturated carbocycles. The van der Waals surface area contributed by atoms with Crippen molar-refractivity contribution in [1.82, 2.24) is 15.3 Å². The lowest BCUT2D eigenvalue weighted by Crippen LogP contribution is -2.41. The van der Waals surface area contributed by atoms with Crippen LogP contribution in [0.1, 0.15) is 59.7 Å². The molecule has 0 spiro atoms. The van der Waals surface area contributed by atoms with Gasteiger partial charge in [0.2, 0.25) is 0 Å². The quantitative estimate of drug-likeness (QED) is 0.126. The van der Waals surface area contributed by atoms with E-state index in [1.807, 2.05) is 36.4 Å². The Morgan fingerprint density at radius 1 is 1.09 bits per heavy atom.